The van der Waals surface area contributed by atoms with Crippen molar-refractivity contribution < 1.29 is 0 Å². The molecule has 0 spiro atoms. The van der Waals surface area contributed by atoms with Crippen LogP contribution in [-0.2, 0) is 19.0 Å². The Morgan fingerprint density at radius 1 is 1.35 bits per heavy atom. The van der Waals surface area contributed by atoms with Crippen LogP contribution in [0.25, 0.3) is 0 Å². The van der Waals surface area contributed by atoms with Gasteiger partial charge in [0.1, 0.15) is 5.82 Å². The number of halogens is 1. The van der Waals surface area contributed by atoms with Crippen LogP contribution in [0.5, 0.6) is 0 Å². The zero-order valence-corrected chi connectivity index (χ0v) is 17.4. The first-order chi connectivity index (χ1) is 10.4. The van der Waals surface area contributed by atoms with Crippen molar-refractivity contribution in [2.75, 3.05) is 13.6 Å². The molecule has 6 nitrogen and oxygen atoms in total. The molecule has 0 fully saturated rings. The number of aliphatic imine (C=N–C) groups is 1. The van der Waals surface area contributed by atoms with Gasteiger partial charge in [-0.15, -0.1) is 45.5 Å². The smallest absolute Gasteiger partial charge is 0.191 e. The second-order valence-electron chi connectivity index (χ2n) is 5.86. The summed E-state index contributed by atoms with van der Waals surface area (Å²) in [5.41, 5.74) is 0.0627. The van der Waals surface area contributed by atoms with E-state index >= 15 is 0 Å². The molecule has 0 aliphatic rings. The van der Waals surface area contributed by atoms with Crippen LogP contribution in [0, 0.1) is 6.92 Å². The third-order valence-corrected chi connectivity index (χ3v) is 4.94. The molecule has 0 unspecified atom stereocenters. The Bertz CT molecular complexity index is 632. The van der Waals surface area contributed by atoms with Crippen LogP contribution in [0.2, 0.25) is 0 Å². The lowest BCUT2D eigenvalue weighted by molar-refractivity contribution is 0.518. The topological polar surface area (TPSA) is 67.1 Å². The predicted octanol–water partition coefficient (Wildman–Crippen LogP) is 2.45. The van der Waals surface area contributed by atoms with Gasteiger partial charge in [0, 0.05) is 30.9 Å². The molecule has 0 saturated heterocycles. The molecule has 0 saturated carbocycles. The summed E-state index contributed by atoms with van der Waals surface area (Å²) in [6.07, 6.45) is 0. The highest BCUT2D eigenvalue weighted by molar-refractivity contribution is 14.0. The molecular formula is C15H25IN6S. The Hall–Kier alpha value is -1.16. The van der Waals surface area contributed by atoms with Crippen molar-refractivity contribution in [3.63, 3.8) is 0 Å². The van der Waals surface area contributed by atoms with E-state index in [9.17, 15) is 0 Å². The fourth-order valence-corrected chi connectivity index (χ4v) is 2.90. The minimum atomic E-state index is 0. The molecule has 0 radical (unpaired) electrons. The third-order valence-electron chi connectivity index (χ3n) is 3.71. The van der Waals surface area contributed by atoms with E-state index in [-0.39, 0.29) is 29.4 Å². The van der Waals surface area contributed by atoms with E-state index in [1.807, 2.05) is 18.5 Å². The van der Waals surface area contributed by atoms with Crippen LogP contribution in [0.3, 0.4) is 0 Å². The highest BCUT2D eigenvalue weighted by atomic mass is 127. The third kappa shape index (κ3) is 5.17. The van der Waals surface area contributed by atoms with Gasteiger partial charge in [-0.2, -0.15) is 0 Å². The molecule has 8 heteroatoms. The molecule has 0 amide bonds. The van der Waals surface area contributed by atoms with Gasteiger partial charge in [0.2, 0.25) is 0 Å². The number of hydrogen-bond donors (Lipinski definition) is 2. The van der Waals surface area contributed by atoms with E-state index in [2.05, 4.69) is 57.2 Å². The van der Waals surface area contributed by atoms with Crippen molar-refractivity contribution in [2.24, 2.45) is 12.0 Å². The fraction of sp³-hybridized carbons (Fsp3) is 0.533. The molecule has 128 valence electrons. The molecular weight excluding hydrogens is 423 g/mol. The molecule has 2 N–H and O–H groups in total. The highest BCUT2D eigenvalue weighted by Crippen LogP contribution is 2.26. The molecule has 2 aromatic rings. The van der Waals surface area contributed by atoms with Gasteiger partial charge < -0.3 is 15.2 Å². The van der Waals surface area contributed by atoms with Crippen molar-refractivity contribution in [3.8, 4) is 0 Å². The SMILES string of the molecule is CN=C(NCc1nnc(C)n1C)NCC(C)(C)c1cccs1.I. The summed E-state index contributed by atoms with van der Waals surface area (Å²) in [5.74, 6) is 2.56. The van der Waals surface area contributed by atoms with Gasteiger partial charge in [-0.3, -0.25) is 4.99 Å². The van der Waals surface area contributed by atoms with Crippen molar-refractivity contribution >= 4 is 41.3 Å². The summed E-state index contributed by atoms with van der Waals surface area (Å²) in [4.78, 5) is 5.62. The van der Waals surface area contributed by atoms with Crippen LogP contribution in [-0.4, -0.2) is 34.3 Å². The standard InChI is InChI=1S/C15H24N6S.HI/c1-11-19-20-13(21(11)5)9-17-14(16-4)18-10-15(2,3)12-7-6-8-22-12;/h6-8H,9-10H2,1-5H3,(H2,16,17,18);1H. The monoisotopic (exact) mass is 448 g/mol. The Balaban J connectivity index is 0.00000264. The van der Waals surface area contributed by atoms with Crippen molar-refractivity contribution in [1.29, 1.82) is 0 Å². The zero-order valence-electron chi connectivity index (χ0n) is 14.3. The quantitative estimate of drug-likeness (QED) is 0.419. The Morgan fingerprint density at radius 3 is 2.61 bits per heavy atom. The summed E-state index contributed by atoms with van der Waals surface area (Å²) >= 11 is 1.78. The summed E-state index contributed by atoms with van der Waals surface area (Å²) < 4.78 is 1.97. The lowest BCUT2D eigenvalue weighted by Gasteiger charge is -2.25. The first-order valence-electron chi connectivity index (χ1n) is 7.27. The van der Waals surface area contributed by atoms with Gasteiger partial charge in [0.05, 0.1) is 6.54 Å². The second-order valence-corrected chi connectivity index (χ2v) is 6.81. The van der Waals surface area contributed by atoms with Crippen LogP contribution in [0.4, 0.5) is 0 Å². The molecule has 2 heterocycles. The molecule has 0 aliphatic heterocycles. The molecule has 0 aliphatic carbocycles. The molecule has 0 bridgehead atoms. The molecule has 0 atom stereocenters. The molecule has 23 heavy (non-hydrogen) atoms. The highest BCUT2D eigenvalue weighted by Gasteiger charge is 2.22. The first kappa shape index (κ1) is 19.9. The summed E-state index contributed by atoms with van der Waals surface area (Å²) in [6, 6.07) is 4.26. The number of aryl methyl sites for hydroxylation is 1. The molecule has 0 aromatic carbocycles. The van der Waals surface area contributed by atoms with Crippen LogP contribution >= 0.6 is 35.3 Å². The number of nitrogens with one attached hydrogen (secondary N) is 2. The van der Waals surface area contributed by atoms with Gasteiger partial charge in [-0.05, 0) is 18.4 Å². The maximum Gasteiger partial charge on any atom is 0.191 e. The van der Waals surface area contributed by atoms with E-state index in [0.29, 0.717) is 6.54 Å². The van der Waals surface area contributed by atoms with Crippen LogP contribution < -0.4 is 10.6 Å². The van der Waals surface area contributed by atoms with Gasteiger partial charge >= 0.3 is 0 Å². The minimum Gasteiger partial charge on any atom is -0.356 e. The number of hydrogen-bond acceptors (Lipinski definition) is 4. The Kier molecular flexibility index (Phi) is 7.46. The molecule has 2 rings (SSSR count). The zero-order chi connectivity index (χ0) is 16.2. The second kappa shape index (κ2) is 8.62. The number of guanidine groups is 1. The fourth-order valence-electron chi connectivity index (χ4n) is 2.04. The first-order valence-corrected chi connectivity index (χ1v) is 8.15. The van der Waals surface area contributed by atoms with Gasteiger partial charge in [0.25, 0.3) is 0 Å². The maximum atomic E-state index is 4.26. The maximum absolute atomic E-state index is 4.26. The summed E-state index contributed by atoms with van der Waals surface area (Å²) in [7, 11) is 3.73. The van der Waals surface area contributed by atoms with E-state index in [4.69, 9.17) is 0 Å². The largest absolute Gasteiger partial charge is 0.356 e. The number of thiophene rings is 1. The molecule has 2 aromatic heterocycles. The summed E-state index contributed by atoms with van der Waals surface area (Å²) in [5, 5.41) is 17.0. The van der Waals surface area contributed by atoms with Gasteiger partial charge in [-0.1, -0.05) is 19.9 Å². The van der Waals surface area contributed by atoms with Gasteiger partial charge in [0.15, 0.2) is 11.8 Å². The van der Waals surface area contributed by atoms with E-state index in [1.165, 1.54) is 4.88 Å². The predicted molar refractivity (Wildman–Crippen MR) is 107 cm³/mol. The Labute approximate surface area is 158 Å². The Morgan fingerprint density at radius 2 is 2.09 bits per heavy atom. The number of nitrogens with zero attached hydrogens (tertiary/aromatic N) is 4. The van der Waals surface area contributed by atoms with Crippen molar-refractivity contribution in [2.45, 2.75) is 32.7 Å². The van der Waals surface area contributed by atoms with E-state index in [1.54, 1.807) is 18.4 Å². The van der Waals surface area contributed by atoms with E-state index in [0.717, 1.165) is 24.2 Å². The van der Waals surface area contributed by atoms with Gasteiger partial charge in [-0.25, -0.2) is 0 Å². The van der Waals surface area contributed by atoms with Crippen LogP contribution in [0.15, 0.2) is 22.5 Å². The number of aromatic nitrogens is 3. The summed E-state index contributed by atoms with van der Waals surface area (Å²) in [6.45, 7) is 7.80. The minimum absolute atomic E-state index is 0. The lowest BCUT2D eigenvalue weighted by Crippen LogP contribution is -2.43. The van der Waals surface area contributed by atoms with Crippen LogP contribution in [0.1, 0.15) is 30.4 Å². The van der Waals surface area contributed by atoms with E-state index < -0.39 is 0 Å². The van der Waals surface area contributed by atoms with Crippen molar-refractivity contribution in [1.82, 2.24) is 25.4 Å². The average molecular weight is 448 g/mol. The van der Waals surface area contributed by atoms with Crippen molar-refractivity contribution in [3.05, 3.63) is 34.0 Å². The normalized spacial score (nSPS) is 12.0. The lowest BCUT2D eigenvalue weighted by atomic mass is 9.91. The number of rotatable bonds is 5. The average Bonchev–Trinajstić information content (AvgIpc) is 3.13.